The van der Waals surface area contributed by atoms with Gasteiger partial charge in [-0.1, -0.05) is 11.6 Å². The van der Waals surface area contributed by atoms with Crippen LogP contribution in [0, 0.1) is 0 Å². The summed E-state index contributed by atoms with van der Waals surface area (Å²) in [5.74, 6) is 0. The summed E-state index contributed by atoms with van der Waals surface area (Å²) in [4.78, 5) is 2.11. The second-order valence-electron chi connectivity index (χ2n) is 3.42. The van der Waals surface area contributed by atoms with E-state index in [0.717, 1.165) is 18.8 Å². The molecule has 0 unspecified atom stereocenters. The lowest BCUT2D eigenvalue weighted by molar-refractivity contribution is 0.315. The Labute approximate surface area is 98.1 Å². The van der Waals surface area contributed by atoms with Crippen LogP contribution in [-0.2, 0) is 0 Å². The lowest BCUT2D eigenvalue weighted by Gasteiger charge is -2.22. The topological polar surface area (TPSA) is 68.2 Å². The van der Waals surface area contributed by atoms with Gasteiger partial charge in [-0.25, -0.2) is 4.63 Å². The molecule has 0 amide bonds. The molecule has 0 fully saturated rings. The van der Waals surface area contributed by atoms with E-state index in [2.05, 4.69) is 33.7 Å². The Balaban J connectivity index is 2.66. The van der Waals surface area contributed by atoms with Crippen LogP contribution in [0.5, 0.6) is 0 Å². The van der Waals surface area contributed by atoms with Gasteiger partial charge in [0.05, 0.1) is 16.4 Å². The normalized spacial score (nSPS) is 10.9. The maximum atomic E-state index is 6.09. The molecule has 0 spiro atoms. The van der Waals surface area contributed by atoms with Gasteiger partial charge in [-0.15, -0.1) is 0 Å². The number of benzene rings is 1. The minimum Gasteiger partial charge on any atom is -0.395 e. The monoisotopic (exact) mass is 240 g/mol. The summed E-state index contributed by atoms with van der Waals surface area (Å²) < 4.78 is 4.65. The molecule has 0 radical (unpaired) electrons. The number of nitrogen functional groups attached to an aromatic ring is 1. The van der Waals surface area contributed by atoms with E-state index in [0.29, 0.717) is 21.7 Å². The van der Waals surface area contributed by atoms with Crippen molar-refractivity contribution in [3.63, 3.8) is 0 Å². The Hall–Kier alpha value is -1.49. The number of nitrogens with zero attached hydrogens (tertiary/aromatic N) is 3. The maximum Gasteiger partial charge on any atom is 0.161 e. The van der Waals surface area contributed by atoms with Crippen molar-refractivity contribution < 1.29 is 4.63 Å². The van der Waals surface area contributed by atoms with E-state index in [1.807, 2.05) is 0 Å². The number of hydrogen-bond donors (Lipinski definition) is 1. The molecule has 1 aromatic carbocycles. The lowest BCUT2D eigenvalue weighted by atomic mass is 10.2. The first-order valence-corrected chi connectivity index (χ1v) is 5.52. The van der Waals surface area contributed by atoms with Crippen molar-refractivity contribution >= 4 is 34.0 Å². The molecule has 0 aliphatic heterocycles. The Morgan fingerprint density at radius 2 is 1.94 bits per heavy atom. The van der Waals surface area contributed by atoms with Gasteiger partial charge in [-0.2, -0.15) is 0 Å². The Morgan fingerprint density at radius 1 is 1.31 bits per heavy atom. The fourth-order valence-corrected chi connectivity index (χ4v) is 1.96. The molecule has 16 heavy (non-hydrogen) atoms. The van der Waals surface area contributed by atoms with Crippen molar-refractivity contribution in [2.75, 3.05) is 23.7 Å². The highest BCUT2D eigenvalue weighted by atomic mass is 35.5. The minimum absolute atomic E-state index is 0.507. The van der Waals surface area contributed by atoms with Crippen molar-refractivity contribution in [3.8, 4) is 0 Å². The van der Waals surface area contributed by atoms with Crippen LogP contribution in [0.1, 0.15) is 13.8 Å². The number of anilines is 2. The van der Waals surface area contributed by atoms with Gasteiger partial charge in [-0.3, -0.25) is 0 Å². The highest BCUT2D eigenvalue weighted by Crippen LogP contribution is 2.34. The maximum absolute atomic E-state index is 6.09. The molecule has 2 aromatic rings. The van der Waals surface area contributed by atoms with Crippen molar-refractivity contribution in [1.29, 1.82) is 0 Å². The van der Waals surface area contributed by atoms with Crippen LogP contribution in [0.3, 0.4) is 0 Å². The summed E-state index contributed by atoms with van der Waals surface area (Å²) in [6, 6.07) is 1.80. The summed E-state index contributed by atoms with van der Waals surface area (Å²) in [7, 11) is 0. The average molecular weight is 241 g/mol. The van der Waals surface area contributed by atoms with Gasteiger partial charge in [0.1, 0.15) is 0 Å². The third-order valence-electron chi connectivity index (χ3n) is 2.61. The predicted octanol–water partition coefficient (Wildman–Crippen LogP) is 2.30. The van der Waals surface area contributed by atoms with Gasteiger partial charge in [0, 0.05) is 13.1 Å². The molecule has 0 aliphatic carbocycles. The fourth-order valence-electron chi connectivity index (χ4n) is 1.74. The molecule has 2 N–H and O–H groups in total. The fraction of sp³-hybridized carbons (Fsp3) is 0.400. The SMILES string of the molecule is CCN(CC)c1cc(Cl)c2nonc2c1N. The van der Waals surface area contributed by atoms with Gasteiger partial charge in [0.25, 0.3) is 0 Å². The molecule has 0 saturated heterocycles. The van der Waals surface area contributed by atoms with Gasteiger partial charge < -0.3 is 10.6 Å². The Bertz CT molecular complexity index is 507. The third kappa shape index (κ3) is 1.57. The first kappa shape index (κ1) is 11.0. The number of halogens is 1. The van der Waals surface area contributed by atoms with Gasteiger partial charge in [0.2, 0.25) is 0 Å². The largest absolute Gasteiger partial charge is 0.395 e. The molecular weight excluding hydrogens is 228 g/mol. The summed E-state index contributed by atoms with van der Waals surface area (Å²) >= 11 is 6.09. The molecule has 0 atom stereocenters. The van der Waals surface area contributed by atoms with Crippen molar-refractivity contribution in [2.45, 2.75) is 13.8 Å². The molecule has 0 aliphatic rings. The van der Waals surface area contributed by atoms with Crippen LogP contribution < -0.4 is 10.6 Å². The van der Waals surface area contributed by atoms with E-state index >= 15 is 0 Å². The number of nitrogens with two attached hydrogens (primary N) is 1. The molecule has 2 rings (SSSR count). The predicted molar refractivity (Wildman–Crippen MR) is 64.8 cm³/mol. The molecule has 1 heterocycles. The van der Waals surface area contributed by atoms with E-state index in [-0.39, 0.29) is 0 Å². The minimum atomic E-state index is 0.507. The summed E-state index contributed by atoms with van der Waals surface area (Å²) in [6.07, 6.45) is 0. The zero-order chi connectivity index (χ0) is 11.7. The zero-order valence-corrected chi connectivity index (χ0v) is 9.95. The second kappa shape index (κ2) is 4.17. The highest BCUT2D eigenvalue weighted by Gasteiger charge is 2.16. The van der Waals surface area contributed by atoms with Crippen LogP contribution in [0.25, 0.3) is 11.0 Å². The van der Waals surface area contributed by atoms with Crippen molar-refractivity contribution in [1.82, 2.24) is 10.3 Å². The third-order valence-corrected chi connectivity index (χ3v) is 2.90. The molecule has 5 nitrogen and oxygen atoms in total. The van der Waals surface area contributed by atoms with E-state index in [4.69, 9.17) is 17.3 Å². The Kier molecular flexibility index (Phi) is 2.87. The van der Waals surface area contributed by atoms with E-state index in [1.54, 1.807) is 6.07 Å². The van der Waals surface area contributed by atoms with Gasteiger partial charge in [0.15, 0.2) is 11.0 Å². The van der Waals surface area contributed by atoms with Crippen LogP contribution >= 0.6 is 11.6 Å². The second-order valence-corrected chi connectivity index (χ2v) is 3.83. The van der Waals surface area contributed by atoms with E-state index < -0.39 is 0 Å². The smallest absolute Gasteiger partial charge is 0.161 e. The molecular formula is C10H13ClN4O. The first-order chi connectivity index (χ1) is 7.69. The van der Waals surface area contributed by atoms with Gasteiger partial charge in [-0.05, 0) is 30.2 Å². The average Bonchev–Trinajstić information content (AvgIpc) is 2.76. The molecule has 6 heteroatoms. The van der Waals surface area contributed by atoms with Crippen LogP contribution in [0.4, 0.5) is 11.4 Å². The standard InChI is InChI=1S/C10H13ClN4O/c1-3-15(4-2)7-5-6(11)9-10(8(7)12)14-16-13-9/h5H,3-4,12H2,1-2H3. The molecule has 1 aromatic heterocycles. The van der Waals surface area contributed by atoms with Crippen LogP contribution in [-0.4, -0.2) is 23.4 Å². The first-order valence-electron chi connectivity index (χ1n) is 5.14. The number of hydrogen-bond acceptors (Lipinski definition) is 5. The lowest BCUT2D eigenvalue weighted by Crippen LogP contribution is -2.23. The summed E-state index contributed by atoms with van der Waals surface area (Å²) in [5.41, 5.74) is 8.49. The van der Waals surface area contributed by atoms with Crippen LogP contribution in [0.2, 0.25) is 5.02 Å². The highest BCUT2D eigenvalue weighted by molar-refractivity contribution is 6.35. The number of fused-ring (bicyclic) bond motifs is 1. The number of aromatic nitrogens is 2. The van der Waals surface area contributed by atoms with E-state index in [1.165, 1.54) is 0 Å². The molecule has 86 valence electrons. The van der Waals surface area contributed by atoms with E-state index in [9.17, 15) is 0 Å². The summed E-state index contributed by atoms with van der Waals surface area (Å²) in [6.45, 7) is 5.83. The summed E-state index contributed by atoms with van der Waals surface area (Å²) in [5, 5.41) is 7.99. The molecule has 0 bridgehead atoms. The zero-order valence-electron chi connectivity index (χ0n) is 9.20. The van der Waals surface area contributed by atoms with Gasteiger partial charge >= 0.3 is 0 Å². The quantitative estimate of drug-likeness (QED) is 0.834. The van der Waals surface area contributed by atoms with Crippen molar-refractivity contribution in [3.05, 3.63) is 11.1 Å². The van der Waals surface area contributed by atoms with Crippen LogP contribution in [0.15, 0.2) is 10.7 Å². The van der Waals surface area contributed by atoms with Crippen molar-refractivity contribution in [2.24, 2.45) is 0 Å². The Morgan fingerprint density at radius 3 is 2.56 bits per heavy atom. The number of rotatable bonds is 3. The molecule has 0 saturated carbocycles.